The first kappa shape index (κ1) is 35.1. The fourth-order valence-corrected chi connectivity index (χ4v) is 11.0. The molecule has 0 unspecified atom stereocenters. The van der Waals surface area contributed by atoms with Crippen molar-refractivity contribution in [2.75, 3.05) is 9.80 Å². The first-order chi connectivity index (χ1) is 26.2. The van der Waals surface area contributed by atoms with Gasteiger partial charge in [-0.15, -0.1) is 11.3 Å². The number of phenolic OH excluding ortho intramolecular Hbond substituents is 1. The number of imide groups is 2. The molecule has 2 aromatic heterocycles. The topological polar surface area (TPSA) is 150 Å². The zero-order valence-electron chi connectivity index (χ0n) is 30.2. The fourth-order valence-electron chi connectivity index (χ4n) is 9.72. The quantitative estimate of drug-likeness (QED) is 0.139. The highest BCUT2D eigenvalue weighted by Gasteiger charge is 2.68. The molecule has 2 aliphatic heterocycles. The standard InChI is InChI=1S/C42H35ClN4O7S/c1-19-14-21(8-12-31(19)48)35-25-10-11-26-34(39(51)46(37(26)49)24-7-5-6-22(15-24)40(52)53)28(25)17-29-38(50)47(41(54)42(29,35)3)33-18-30(44-45(33)4)36-20(2)27-16-23(43)9-13-32(27)55-36/h5-10,12-16,18,26,28-29,34-35,48H,11,17H2,1-4H3,(H,52,53)/t26-,28+,29-,34-,35-,42+/m0/s1. The fraction of sp³-hybridized carbons (Fsp3) is 0.286. The molecule has 0 radical (unpaired) electrons. The van der Waals surface area contributed by atoms with E-state index in [9.17, 15) is 29.4 Å². The number of carboxylic acids is 1. The van der Waals surface area contributed by atoms with Gasteiger partial charge in [0.15, 0.2) is 0 Å². The van der Waals surface area contributed by atoms with Gasteiger partial charge in [-0.1, -0.05) is 41.4 Å². The number of aromatic carboxylic acids is 1. The summed E-state index contributed by atoms with van der Waals surface area (Å²) in [7, 11) is 1.70. The number of aromatic hydroxyl groups is 1. The van der Waals surface area contributed by atoms with E-state index >= 15 is 4.79 Å². The number of aromatic nitrogens is 2. The van der Waals surface area contributed by atoms with E-state index in [2.05, 4.69) is 0 Å². The molecule has 2 N–H and O–H groups in total. The second-order valence-corrected chi connectivity index (χ2v) is 16.8. The summed E-state index contributed by atoms with van der Waals surface area (Å²) in [5.74, 6) is -6.08. The van der Waals surface area contributed by atoms with Crippen LogP contribution in [-0.4, -0.2) is 49.6 Å². The molecular weight excluding hydrogens is 740 g/mol. The first-order valence-corrected chi connectivity index (χ1v) is 19.2. The zero-order valence-corrected chi connectivity index (χ0v) is 31.8. The van der Waals surface area contributed by atoms with Gasteiger partial charge in [0.05, 0.1) is 39.3 Å². The number of amides is 4. The Balaban J connectivity index is 1.15. The summed E-state index contributed by atoms with van der Waals surface area (Å²) < 4.78 is 2.58. The third-order valence-electron chi connectivity index (χ3n) is 12.4. The number of phenols is 1. The molecule has 13 heteroatoms. The third-order valence-corrected chi connectivity index (χ3v) is 13.9. The van der Waals surface area contributed by atoms with Crippen LogP contribution in [0.3, 0.4) is 0 Å². The van der Waals surface area contributed by atoms with Crippen molar-refractivity contribution < 1.29 is 34.2 Å². The highest BCUT2D eigenvalue weighted by Crippen LogP contribution is 2.64. The number of halogens is 1. The van der Waals surface area contributed by atoms with Crippen molar-refractivity contribution in [3.8, 4) is 16.3 Å². The number of carboxylic acid groups (broad SMARTS) is 1. The maximum absolute atomic E-state index is 15.1. The van der Waals surface area contributed by atoms with Gasteiger partial charge in [-0.2, -0.15) is 5.10 Å². The van der Waals surface area contributed by atoms with E-state index in [4.69, 9.17) is 16.7 Å². The zero-order chi connectivity index (χ0) is 38.8. The summed E-state index contributed by atoms with van der Waals surface area (Å²) in [6.45, 7) is 5.57. The number of benzene rings is 3. The Kier molecular flexibility index (Phi) is 7.80. The SMILES string of the molecule is Cc1cc([C@H]2C3=CC[C@@H]4C(=O)N(c5cccc(C(=O)O)c5)C(=O)[C@@H]4[C@@H]3C[C@H]3C(=O)N(c4cc(-c5sc6ccc(Cl)cc6c5C)nn4C)C(=O)[C@@]23C)ccc1O. The van der Waals surface area contributed by atoms with Gasteiger partial charge in [0, 0.05) is 28.8 Å². The molecule has 2 aliphatic carbocycles. The number of allylic oxidation sites excluding steroid dienone is 2. The first-order valence-electron chi connectivity index (χ1n) is 18.0. The van der Waals surface area contributed by atoms with Gasteiger partial charge in [0.1, 0.15) is 17.3 Å². The molecule has 5 aromatic rings. The Morgan fingerprint density at radius 2 is 1.73 bits per heavy atom. The Bertz CT molecular complexity index is 2610. The molecule has 4 heterocycles. The molecule has 0 bridgehead atoms. The number of anilines is 2. The molecule has 55 heavy (non-hydrogen) atoms. The van der Waals surface area contributed by atoms with Crippen LogP contribution in [0.25, 0.3) is 20.7 Å². The predicted octanol–water partition coefficient (Wildman–Crippen LogP) is 7.41. The Morgan fingerprint density at radius 1 is 0.945 bits per heavy atom. The highest BCUT2D eigenvalue weighted by molar-refractivity contribution is 7.22. The summed E-state index contributed by atoms with van der Waals surface area (Å²) in [5.41, 5.74) is 2.55. The van der Waals surface area contributed by atoms with Crippen molar-refractivity contribution in [3.63, 3.8) is 0 Å². The van der Waals surface area contributed by atoms with E-state index in [1.165, 1.54) is 23.1 Å². The minimum Gasteiger partial charge on any atom is -0.508 e. The molecule has 11 nitrogen and oxygen atoms in total. The van der Waals surface area contributed by atoms with Gasteiger partial charge >= 0.3 is 5.97 Å². The number of carbonyl (C=O) groups excluding carboxylic acids is 4. The van der Waals surface area contributed by atoms with Crippen molar-refractivity contribution in [3.05, 3.63) is 106 Å². The van der Waals surface area contributed by atoms with Crippen LogP contribution >= 0.6 is 22.9 Å². The van der Waals surface area contributed by atoms with Crippen LogP contribution in [0.1, 0.15) is 52.7 Å². The smallest absolute Gasteiger partial charge is 0.335 e. The molecule has 6 atom stereocenters. The largest absolute Gasteiger partial charge is 0.508 e. The Hall–Kier alpha value is -5.59. The maximum atomic E-state index is 15.1. The van der Waals surface area contributed by atoms with Crippen LogP contribution in [0, 0.1) is 42.9 Å². The second-order valence-electron chi connectivity index (χ2n) is 15.3. The lowest BCUT2D eigenvalue weighted by Gasteiger charge is -2.49. The number of thiophene rings is 1. The van der Waals surface area contributed by atoms with Gasteiger partial charge in [-0.05, 0) is 104 Å². The molecule has 3 fully saturated rings. The Morgan fingerprint density at radius 3 is 2.47 bits per heavy atom. The van der Waals surface area contributed by atoms with Crippen LogP contribution in [0.5, 0.6) is 5.75 Å². The predicted molar refractivity (Wildman–Crippen MR) is 207 cm³/mol. The minimum atomic E-state index is -1.29. The van der Waals surface area contributed by atoms with Crippen molar-refractivity contribution in [2.24, 2.45) is 36.1 Å². The third kappa shape index (κ3) is 4.93. The molecule has 9 rings (SSSR count). The number of nitrogens with zero attached hydrogens (tertiary/aromatic N) is 4. The van der Waals surface area contributed by atoms with Crippen LogP contribution in [-0.2, 0) is 26.2 Å². The molecule has 0 spiro atoms. The van der Waals surface area contributed by atoms with E-state index < -0.39 is 64.6 Å². The lowest BCUT2D eigenvalue weighted by Crippen LogP contribution is -2.49. The van der Waals surface area contributed by atoms with Gasteiger partial charge < -0.3 is 10.2 Å². The van der Waals surface area contributed by atoms with Crippen LogP contribution in [0.4, 0.5) is 11.5 Å². The summed E-state index contributed by atoms with van der Waals surface area (Å²) in [6.07, 6.45) is 2.35. The maximum Gasteiger partial charge on any atom is 0.335 e. The summed E-state index contributed by atoms with van der Waals surface area (Å²) >= 11 is 7.86. The minimum absolute atomic E-state index is 0.0524. The number of carbonyl (C=O) groups is 5. The molecule has 4 aliphatic rings. The van der Waals surface area contributed by atoms with Crippen molar-refractivity contribution in [1.29, 1.82) is 0 Å². The molecule has 3 aromatic carbocycles. The average Bonchev–Trinajstić information content (AvgIpc) is 3.83. The number of rotatable bonds is 5. The Labute approximate surface area is 324 Å². The second kappa shape index (κ2) is 12.2. The molecule has 2 saturated heterocycles. The van der Waals surface area contributed by atoms with Gasteiger partial charge in [-0.3, -0.25) is 28.8 Å². The van der Waals surface area contributed by atoms with Gasteiger partial charge in [0.2, 0.25) is 23.6 Å². The number of aryl methyl sites for hydroxylation is 3. The highest BCUT2D eigenvalue weighted by atomic mass is 35.5. The van der Waals surface area contributed by atoms with Crippen molar-refractivity contribution in [1.82, 2.24) is 9.78 Å². The molecule has 278 valence electrons. The summed E-state index contributed by atoms with van der Waals surface area (Å²) in [5, 5.41) is 26.5. The average molecular weight is 775 g/mol. The normalized spacial score (nSPS) is 26.1. The summed E-state index contributed by atoms with van der Waals surface area (Å²) in [4.78, 5) is 73.4. The van der Waals surface area contributed by atoms with E-state index in [0.717, 1.165) is 31.0 Å². The van der Waals surface area contributed by atoms with Crippen LogP contribution < -0.4 is 9.80 Å². The van der Waals surface area contributed by atoms with Crippen LogP contribution in [0.2, 0.25) is 5.02 Å². The van der Waals surface area contributed by atoms with E-state index in [0.29, 0.717) is 27.7 Å². The van der Waals surface area contributed by atoms with E-state index in [1.54, 1.807) is 54.3 Å². The van der Waals surface area contributed by atoms with E-state index in [1.807, 2.05) is 44.2 Å². The number of fused-ring (bicyclic) bond motifs is 5. The van der Waals surface area contributed by atoms with Crippen molar-refractivity contribution in [2.45, 2.75) is 39.5 Å². The van der Waals surface area contributed by atoms with Gasteiger partial charge in [0.25, 0.3) is 0 Å². The molecule has 4 amide bonds. The monoisotopic (exact) mass is 774 g/mol. The lowest BCUT2D eigenvalue weighted by atomic mass is 9.51. The number of hydrogen-bond donors (Lipinski definition) is 2. The lowest BCUT2D eigenvalue weighted by molar-refractivity contribution is -0.131. The van der Waals surface area contributed by atoms with E-state index in [-0.39, 0.29) is 29.8 Å². The number of hydrogen-bond acceptors (Lipinski definition) is 8. The van der Waals surface area contributed by atoms with Crippen LogP contribution in [0.15, 0.2) is 78.4 Å². The van der Waals surface area contributed by atoms with Gasteiger partial charge in [-0.25, -0.2) is 9.69 Å². The summed E-state index contributed by atoms with van der Waals surface area (Å²) in [6, 6.07) is 18.4. The van der Waals surface area contributed by atoms with Crippen molar-refractivity contribution >= 4 is 74.1 Å². The molecular formula is C42H35ClN4O7S. The molecule has 1 saturated carbocycles.